The molecule has 8 fully saturated rings. The van der Waals surface area contributed by atoms with Gasteiger partial charge >= 0.3 is 35.8 Å². The number of nitrogens with zero attached hydrogens (tertiary/aromatic N) is 2. The van der Waals surface area contributed by atoms with Crippen LogP contribution in [0.5, 0.6) is 0 Å². The molecule has 18 rings (SSSR count). The molecule has 1 unspecified atom stereocenters. The van der Waals surface area contributed by atoms with Crippen LogP contribution in [0.3, 0.4) is 0 Å². The number of carbonyl (C=O) groups is 12. The number of alkyl halides is 1. The fourth-order valence-corrected chi connectivity index (χ4v) is 30.8. The molecule has 0 aliphatic heterocycles. The van der Waals surface area contributed by atoms with Crippen LogP contribution >= 0.6 is 11.6 Å². The zero-order valence-corrected chi connectivity index (χ0v) is 85.0. The summed E-state index contributed by atoms with van der Waals surface area (Å²) in [6.45, 7) is 32.1. The maximum Gasteiger partial charge on any atom is 0.316 e. The van der Waals surface area contributed by atoms with Crippen molar-refractivity contribution in [2.75, 3.05) is 48.5 Å². The highest BCUT2D eigenvalue weighted by atomic mass is 35.5. The second-order valence-corrected chi connectivity index (χ2v) is 45.5. The third-order valence-electron chi connectivity index (χ3n) is 37.0. The van der Waals surface area contributed by atoms with Crippen LogP contribution in [-0.4, -0.2) is 134 Å². The van der Waals surface area contributed by atoms with Gasteiger partial charge in [-0.2, -0.15) is 0 Å². The second-order valence-electron chi connectivity index (χ2n) is 45.1. The van der Waals surface area contributed by atoms with E-state index in [1.165, 1.54) is 70.5 Å². The van der Waals surface area contributed by atoms with E-state index in [2.05, 4.69) is 116 Å². The zero-order chi connectivity index (χ0) is 98.3. The van der Waals surface area contributed by atoms with Crippen molar-refractivity contribution in [1.82, 2.24) is 10.3 Å². The van der Waals surface area contributed by atoms with Crippen LogP contribution in [0.15, 0.2) is 103 Å². The molecule has 2 aromatic rings. The highest BCUT2D eigenvalue weighted by Gasteiger charge is 2.68. The van der Waals surface area contributed by atoms with E-state index in [1.54, 1.807) is 12.3 Å². The van der Waals surface area contributed by atoms with Gasteiger partial charge in [0, 0.05) is 88.2 Å². The largest absolute Gasteiger partial charge is 0.515 e. The van der Waals surface area contributed by atoms with Gasteiger partial charge in [-0.15, -0.1) is 11.6 Å². The van der Waals surface area contributed by atoms with Gasteiger partial charge in [-0.05, 0) is 268 Å². The summed E-state index contributed by atoms with van der Waals surface area (Å²) in [5, 5.41) is 17.7. The van der Waals surface area contributed by atoms with Crippen molar-refractivity contribution >= 4 is 82.1 Å². The Bertz CT molecular complexity index is 5140. The van der Waals surface area contributed by atoms with Crippen LogP contribution in [0.4, 0.5) is 0 Å². The number of aliphatic hydroxyl groups excluding tert-OH is 1. The molecule has 2 aromatic heterocycles. The number of esters is 6. The van der Waals surface area contributed by atoms with E-state index in [4.69, 9.17) is 44.3 Å². The summed E-state index contributed by atoms with van der Waals surface area (Å²) < 4.78 is 41.7. The number of aromatic nitrogens is 2. The smallest absolute Gasteiger partial charge is 0.316 e. The Morgan fingerprint density at radius 3 is 1.26 bits per heavy atom. The number of ether oxygens (including phenoxy) is 6. The number of aliphatic hydroxyl groups is 1. The lowest BCUT2D eigenvalue weighted by Crippen LogP contribution is -2.57. The van der Waals surface area contributed by atoms with Gasteiger partial charge in [-0.25, -0.2) is 0 Å². The highest BCUT2D eigenvalue weighted by Crippen LogP contribution is 2.72. The van der Waals surface area contributed by atoms with Crippen LogP contribution in [-0.2, 0) is 110 Å². The van der Waals surface area contributed by atoms with Crippen LogP contribution in [0.25, 0.3) is 0 Å². The van der Waals surface area contributed by atoms with Crippen molar-refractivity contribution in [2.24, 2.45) is 94.6 Å². The number of rotatable bonds is 9. The standard InChI is InChI=1S/C20H25NO4.C20H27NO3.C20H28O4.C19H28O3.C18H24O3.C8H12O3.C5H9ClO/c1-18(2)14-6-8-20(17(23)24-4)7-5-13(22)9-15(20)19(14,3)10-12-11-21-25-16(12)18;1-18(2)14-8-10-20(17(22)23-4)9-6-5-7-15(20)19(14,3)11-13-12-21-24-16(13)18;1-18(2)14-8-10-20(17(23)24-4)9-6-5-7-15(20)19(14,3)11-13(12-21)16(18)22;1-17(2)13-8-12-19(16(21)22-4)10-6-5-7-14(19)18(13,3)11-9-15(17)20;1-12-13-7-11-18(16(20)21-3)9-5-4-6-15(18)17(13,2)10-8-14(12)19;1-11-8(10)6-4-2-3-5-7(6)9;1-2-5(7)3-4-6/h9,11,14H,5-8,10H2,1-4H3;7,12,14H,5-6,8-11H2,1-4H3;7,12,14,21H,5-6,8-11H2,1-4H3;7,13H,5-6,8-12H2,1-4H3;6H,4-5,7-11H2,1-3H3;6H,2-5H2,1H3;2-4H2,1H3/b;;13-12-;;;;/t3*14-,19-,20-;13-,18-,19-;17-,18-;;/m00000../s1. The summed E-state index contributed by atoms with van der Waals surface area (Å²) in [6, 6.07) is 0. The predicted octanol–water partition coefficient (Wildman–Crippen LogP) is 22.0. The van der Waals surface area contributed by atoms with Gasteiger partial charge in [0.25, 0.3) is 0 Å². The topological polar surface area (TPSA) is 333 Å². The minimum absolute atomic E-state index is 0.0328. The molecule has 736 valence electrons. The quantitative estimate of drug-likeness (QED) is 0.0463. The van der Waals surface area contributed by atoms with E-state index in [9.17, 15) is 62.6 Å². The molecule has 0 saturated heterocycles. The van der Waals surface area contributed by atoms with Crippen molar-refractivity contribution in [3.63, 3.8) is 0 Å². The predicted molar refractivity (Wildman–Crippen MR) is 508 cm³/mol. The molecule has 134 heavy (non-hydrogen) atoms. The van der Waals surface area contributed by atoms with Gasteiger partial charge in [-0.3, -0.25) is 57.5 Å². The van der Waals surface area contributed by atoms with Crippen LogP contribution in [0.1, 0.15) is 351 Å². The first-order valence-electron chi connectivity index (χ1n) is 49.9. The summed E-state index contributed by atoms with van der Waals surface area (Å²) >= 11 is 5.25. The maximum absolute atomic E-state index is 12.8. The van der Waals surface area contributed by atoms with Gasteiger partial charge in [0.15, 0.2) is 17.3 Å². The number of Topliss-reactive ketones (excluding diaryl/α,β-unsaturated/α-hetero) is 5. The zero-order valence-electron chi connectivity index (χ0n) is 84.3. The minimum Gasteiger partial charge on any atom is -0.515 e. The lowest BCUT2D eigenvalue weighted by atomic mass is 9.43. The Morgan fingerprint density at radius 2 is 0.843 bits per heavy atom. The first kappa shape index (κ1) is 104. The molecule has 2 heterocycles. The molecule has 16 aliphatic rings. The first-order valence-corrected chi connectivity index (χ1v) is 50.4. The molecule has 23 nitrogen and oxygen atoms in total. The van der Waals surface area contributed by atoms with Crippen LogP contribution in [0.2, 0.25) is 0 Å². The summed E-state index contributed by atoms with van der Waals surface area (Å²) in [4.78, 5) is 145. The normalized spacial score (nSPS) is 35.1. The summed E-state index contributed by atoms with van der Waals surface area (Å²) in [5.74, 6) is 3.45. The summed E-state index contributed by atoms with van der Waals surface area (Å²) in [5.41, 5.74) is 6.62. The van der Waals surface area contributed by atoms with Crippen molar-refractivity contribution in [3.05, 3.63) is 116 Å². The first-order chi connectivity index (χ1) is 63.2. The molecular formula is C110H153ClN2O21. The Hall–Kier alpha value is -8.47. The van der Waals surface area contributed by atoms with Crippen molar-refractivity contribution < 1.29 is 100 Å². The molecular weight excluding hydrogens is 1720 g/mol. The molecule has 8 saturated carbocycles. The SMILES string of the molecule is CCC(=O)CCCl.COC(=O)C1CCCCC1=O.COC(=O)[C@]12CCC(=O)C=C1[C@@]1(C)Cc3cnoc3C(C)(C)[C@@H]1CC2.COC(=O)[C@]12CCCC=C1[C@@]1(C)C/C(=C/O)C(=O)C(C)(C)[C@@H]1CC2.COC(=O)[C@]12CCCC=C1[C@@]1(C)CCC(=O)C(C)(C)[C@@H]1CC2.COC(=O)[C@]12CCCC=C1[C@@]1(C)CCC(=O)C(C)=C1CC2.COC(=O)[C@]12CCCC=C1[C@@]1(C)Cc3cnoc3C(C)(C)[C@@H]1CC2. The molecule has 0 spiro atoms. The molecule has 0 aromatic carbocycles. The number of carbonyl (C=O) groups excluding carboxylic acids is 12. The Balaban J connectivity index is 0.000000144. The average Bonchev–Trinajstić information content (AvgIpc) is 1.08. The summed E-state index contributed by atoms with van der Waals surface area (Å²) in [7, 11) is 8.76. The highest BCUT2D eigenvalue weighted by molar-refractivity contribution is 6.19. The molecule has 24 heteroatoms. The molecule has 0 amide bonds. The number of fused-ring (bicyclic) bond motifs is 17. The number of hydrogen-bond donors (Lipinski definition) is 1. The van der Waals surface area contributed by atoms with Gasteiger partial charge in [0.1, 0.15) is 34.8 Å². The lowest BCUT2D eigenvalue weighted by molar-refractivity contribution is -0.159. The van der Waals surface area contributed by atoms with E-state index in [-0.39, 0.29) is 120 Å². The van der Waals surface area contributed by atoms with Crippen molar-refractivity contribution in [2.45, 2.75) is 352 Å². The van der Waals surface area contributed by atoms with Gasteiger partial charge in [0.05, 0.1) is 88.4 Å². The fraction of sp³-hybridized carbons (Fsp3) is 0.709. The molecule has 16 aliphatic carbocycles. The summed E-state index contributed by atoms with van der Waals surface area (Å²) in [6.07, 6.45) is 46.2. The fourth-order valence-electron chi connectivity index (χ4n) is 30.6. The Morgan fingerprint density at radius 1 is 0.440 bits per heavy atom. The van der Waals surface area contributed by atoms with E-state index in [0.29, 0.717) is 86.9 Å². The minimum atomic E-state index is -0.654. The number of hydrogen-bond acceptors (Lipinski definition) is 23. The number of allylic oxidation sites excluding steroid dienone is 8. The number of halogens is 1. The monoisotopic (exact) mass is 1870 g/mol. The van der Waals surface area contributed by atoms with Crippen LogP contribution in [0, 0.1) is 94.6 Å². The maximum atomic E-state index is 12.8. The van der Waals surface area contributed by atoms with E-state index < -0.39 is 38.4 Å². The second kappa shape index (κ2) is 39.8. The van der Waals surface area contributed by atoms with Crippen molar-refractivity contribution in [3.8, 4) is 0 Å². The van der Waals surface area contributed by atoms with Gasteiger partial charge in [0.2, 0.25) is 0 Å². The molecule has 15 atom stereocenters. The third-order valence-corrected chi connectivity index (χ3v) is 37.2. The molecule has 1 N–H and O–H groups in total. The number of ketones is 6. The van der Waals surface area contributed by atoms with Gasteiger partial charge in [-0.1, -0.05) is 160 Å². The Labute approximate surface area is 799 Å². The van der Waals surface area contributed by atoms with E-state index >= 15 is 0 Å². The number of methoxy groups -OCH3 is 6. The third kappa shape index (κ3) is 17.6. The van der Waals surface area contributed by atoms with E-state index in [1.807, 2.05) is 33.9 Å². The van der Waals surface area contributed by atoms with Crippen LogP contribution < -0.4 is 0 Å². The molecule has 0 radical (unpaired) electrons. The lowest BCUT2D eigenvalue weighted by Gasteiger charge is -2.59. The Kier molecular flexibility index (Phi) is 31.0. The average molecular weight is 1870 g/mol. The van der Waals surface area contributed by atoms with Gasteiger partial charge < -0.3 is 42.6 Å². The van der Waals surface area contributed by atoms with Crippen molar-refractivity contribution in [1.29, 1.82) is 0 Å². The van der Waals surface area contributed by atoms with E-state index in [0.717, 1.165) is 220 Å². The molecule has 0 bridgehead atoms.